The summed E-state index contributed by atoms with van der Waals surface area (Å²) in [6, 6.07) is 5.62. The SMILES string of the molecule is CCCCOc1cc(/C=C/C(C)=O)ccc1OC. The molecule has 0 saturated carbocycles. The molecule has 0 fully saturated rings. The Hall–Kier alpha value is -1.77. The van der Waals surface area contributed by atoms with Gasteiger partial charge in [-0.15, -0.1) is 0 Å². The molecular weight excluding hydrogens is 228 g/mol. The molecular formula is C15H20O3. The van der Waals surface area contributed by atoms with Crippen LogP contribution in [-0.4, -0.2) is 19.5 Å². The van der Waals surface area contributed by atoms with Crippen LogP contribution in [0.4, 0.5) is 0 Å². The van der Waals surface area contributed by atoms with E-state index in [1.807, 2.05) is 18.2 Å². The number of hydrogen-bond donors (Lipinski definition) is 0. The number of carbonyl (C=O) groups excluding carboxylic acids is 1. The lowest BCUT2D eigenvalue weighted by Crippen LogP contribution is -1.99. The predicted octanol–water partition coefficient (Wildman–Crippen LogP) is 3.48. The third kappa shape index (κ3) is 4.62. The van der Waals surface area contributed by atoms with Crippen molar-refractivity contribution in [3.05, 3.63) is 29.8 Å². The van der Waals surface area contributed by atoms with Crippen LogP contribution < -0.4 is 9.47 Å². The highest BCUT2D eigenvalue weighted by Crippen LogP contribution is 2.28. The molecule has 0 atom stereocenters. The molecule has 0 heterocycles. The van der Waals surface area contributed by atoms with E-state index in [1.165, 1.54) is 13.0 Å². The standard InChI is InChI=1S/C15H20O3/c1-4-5-10-18-15-11-13(7-6-12(2)16)8-9-14(15)17-3/h6-9,11H,4-5,10H2,1-3H3/b7-6+. The van der Waals surface area contributed by atoms with Gasteiger partial charge in [0.05, 0.1) is 13.7 Å². The smallest absolute Gasteiger partial charge is 0.161 e. The minimum Gasteiger partial charge on any atom is -0.493 e. The maximum absolute atomic E-state index is 10.9. The second-order valence-corrected chi connectivity index (χ2v) is 4.06. The normalized spacial score (nSPS) is 10.6. The molecule has 0 unspecified atom stereocenters. The number of ketones is 1. The van der Waals surface area contributed by atoms with E-state index in [4.69, 9.17) is 9.47 Å². The van der Waals surface area contributed by atoms with Crippen molar-refractivity contribution in [3.8, 4) is 11.5 Å². The molecule has 1 rings (SSSR count). The van der Waals surface area contributed by atoms with Crippen molar-refractivity contribution in [2.24, 2.45) is 0 Å². The van der Waals surface area contributed by atoms with E-state index in [-0.39, 0.29) is 5.78 Å². The van der Waals surface area contributed by atoms with E-state index < -0.39 is 0 Å². The fraction of sp³-hybridized carbons (Fsp3) is 0.400. The molecule has 3 nitrogen and oxygen atoms in total. The highest BCUT2D eigenvalue weighted by Gasteiger charge is 2.04. The van der Waals surface area contributed by atoms with Crippen molar-refractivity contribution in [3.63, 3.8) is 0 Å². The first kappa shape index (κ1) is 14.3. The molecule has 0 aliphatic rings. The van der Waals surface area contributed by atoms with Crippen LogP contribution in [0.1, 0.15) is 32.3 Å². The second-order valence-electron chi connectivity index (χ2n) is 4.06. The number of hydrogen-bond acceptors (Lipinski definition) is 3. The maximum Gasteiger partial charge on any atom is 0.161 e. The predicted molar refractivity (Wildman–Crippen MR) is 73.1 cm³/mol. The van der Waals surface area contributed by atoms with Gasteiger partial charge < -0.3 is 9.47 Å². The van der Waals surface area contributed by atoms with Crippen LogP contribution in [0.2, 0.25) is 0 Å². The summed E-state index contributed by atoms with van der Waals surface area (Å²) in [5, 5.41) is 0. The molecule has 0 N–H and O–H groups in total. The lowest BCUT2D eigenvalue weighted by atomic mass is 10.1. The van der Waals surface area contributed by atoms with Crippen LogP contribution in [0, 0.1) is 0 Å². The van der Waals surface area contributed by atoms with Gasteiger partial charge in [-0.3, -0.25) is 4.79 Å². The Morgan fingerprint density at radius 2 is 2.11 bits per heavy atom. The number of ether oxygens (including phenoxy) is 2. The molecule has 0 spiro atoms. The van der Waals surface area contributed by atoms with Gasteiger partial charge in [0, 0.05) is 0 Å². The van der Waals surface area contributed by atoms with Crippen LogP contribution in [0.3, 0.4) is 0 Å². The Labute approximate surface area is 108 Å². The second kappa shape index (κ2) is 7.54. The van der Waals surface area contributed by atoms with Crippen molar-refractivity contribution in [2.45, 2.75) is 26.7 Å². The van der Waals surface area contributed by atoms with E-state index in [2.05, 4.69) is 6.92 Å². The number of carbonyl (C=O) groups is 1. The molecule has 1 aromatic rings. The highest BCUT2D eigenvalue weighted by atomic mass is 16.5. The minimum atomic E-state index is 0.0271. The first-order valence-corrected chi connectivity index (χ1v) is 6.17. The molecule has 98 valence electrons. The van der Waals surface area contributed by atoms with Gasteiger partial charge in [0.1, 0.15) is 0 Å². The van der Waals surface area contributed by atoms with E-state index in [0.29, 0.717) is 12.4 Å². The van der Waals surface area contributed by atoms with Crippen molar-refractivity contribution >= 4 is 11.9 Å². The number of methoxy groups -OCH3 is 1. The van der Waals surface area contributed by atoms with Gasteiger partial charge in [-0.05, 0) is 37.1 Å². The van der Waals surface area contributed by atoms with Crippen molar-refractivity contribution in [1.29, 1.82) is 0 Å². The zero-order chi connectivity index (χ0) is 13.4. The average molecular weight is 248 g/mol. The van der Waals surface area contributed by atoms with Crippen LogP contribution in [0.5, 0.6) is 11.5 Å². The molecule has 0 bridgehead atoms. The van der Waals surface area contributed by atoms with Gasteiger partial charge in [-0.25, -0.2) is 0 Å². The Balaban J connectivity index is 2.83. The average Bonchev–Trinajstić information content (AvgIpc) is 2.37. The van der Waals surface area contributed by atoms with Crippen LogP contribution in [0.15, 0.2) is 24.3 Å². The fourth-order valence-electron chi connectivity index (χ4n) is 1.45. The van der Waals surface area contributed by atoms with Crippen LogP contribution in [0.25, 0.3) is 6.08 Å². The number of benzene rings is 1. The Morgan fingerprint density at radius 1 is 1.33 bits per heavy atom. The van der Waals surface area contributed by atoms with Gasteiger partial charge in [0.15, 0.2) is 17.3 Å². The van der Waals surface area contributed by atoms with E-state index >= 15 is 0 Å². The first-order chi connectivity index (χ1) is 8.67. The monoisotopic (exact) mass is 248 g/mol. The molecule has 0 aliphatic carbocycles. The van der Waals surface area contributed by atoms with Gasteiger partial charge in [-0.1, -0.05) is 25.5 Å². The molecule has 0 aliphatic heterocycles. The molecule has 0 amide bonds. The maximum atomic E-state index is 10.9. The van der Waals surface area contributed by atoms with Gasteiger partial charge in [-0.2, -0.15) is 0 Å². The van der Waals surface area contributed by atoms with Crippen molar-refractivity contribution < 1.29 is 14.3 Å². The highest BCUT2D eigenvalue weighted by molar-refractivity contribution is 5.91. The van der Waals surface area contributed by atoms with E-state index in [0.717, 1.165) is 24.2 Å². The van der Waals surface area contributed by atoms with Crippen LogP contribution in [-0.2, 0) is 4.79 Å². The summed E-state index contributed by atoms with van der Waals surface area (Å²) in [5.41, 5.74) is 0.928. The molecule has 0 saturated heterocycles. The summed E-state index contributed by atoms with van der Waals surface area (Å²) in [4.78, 5) is 10.9. The Bertz CT molecular complexity index is 422. The van der Waals surface area contributed by atoms with E-state index in [9.17, 15) is 4.79 Å². The number of rotatable bonds is 7. The number of allylic oxidation sites excluding steroid dienone is 1. The van der Waals surface area contributed by atoms with Crippen molar-refractivity contribution in [1.82, 2.24) is 0 Å². The molecule has 18 heavy (non-hydrogen) atoms. The largest absolute Gasteiger partial charge is 0.493 e. The van der Waals surface area contributed by atoms with Gasteiger partial charge >= 0.3 is 0 Å². The lowest BCUT2D eigenvalue weighted by molar-refractivity contribution is -0.112. The molecule has 0 radical (unpaired) electrons. The minimum absolute atomic E-state index is 0.0271. The fourth-order valence-corrected chi connectivity index (χ4v) is 1.45. The summed E-state index contributed by atoms with van der Waals surface area (Å²) in [5.74, 6) is 1.46. The quantitative estimate of drug-likeness (QED) is 0.547. The van der Waals surface area contributed by atoms with E-state index in [1.54, 1.807) is 13.2 Å². The Kier molecular flexibility index (Phi) is 5.98. The third-order valence-electron chi connectivity index (χ3n) is 2.45. The lowest BCUT2D eigenvalue weighted by Gasteiger charge is -2.10. The molecule has 0 aromatic heterocycles. The zero-order valence-corrected chi connectivity index (χ0v) is 11.2. The summed E-state index contributed by atoms with van der Waals surface area (Å²) in [6.07, 6.45) is 5.41. The van der Waals surface area contributed by atoms with Gasteiger partial charge in [0.25, 0.3) is 0 Å². The summed E-state index contributed by atoms with van der Waals surface area (Å²) >= 11 is 0. The first-order valence-electron chi connectivity index (χ1n) is 6.17. The Morgan fingerprint density at radius 3 is 2.72 bits per heavy atom. The zero-order valence-electron chi connectivity index (χ0n) is 11.2. The topological polar surface area (TPSA) is 35.5 Å². The summed E-state index contributed by atoms with van der Waals surface area (Å²) in [7, 11) is 1.62. The van der Waals surface area contributed by atoms with Crippen molar-refractivity contribution in [2.75, 3.05) is 13.7 Å². The summed E-state index contributed by atoms with van der Waals surface area (Å²) in [6.45, 7) is 4.32. The third-order valence-corrected chi connectivity index (χ3v) is 2.45. The molecule has 1 aromatic carbocycles. The number of unbranched alkanes of at least 4 members (excludes halogenated alkanes) is 1. The molecule has 3 heteroatoms. The summed E-state index contributed by atoms with van der Waals surface area (Å²) < 4.78 is 10.9. The van der Waals surface area contributed by atoms with Crippen LogP contribution >= 0.6 is 0 Å². The van der Waals surface area contributed by atoms with Gasteiger partial charge in [0.2, 0.25) is 0 Å².